The third kappa shape index (κ3) is 3.11. The van der Waals surface area contributed by atoms with Crippen LogP contribution in [0.3, 0.4) is 0 Å². The van der Waals surface area contributed by atoms with E-state index in [0.717, 1.165) is 6.07 Å². The number of halogens is 4. The van der Waals surface area contributed by atoms with Crippen molar-refractivity contribution in [1.82, 2.24) is 0 Å². The van der Waals surface area contributed by atoms with E-state index in [1.165, 1.54) is 6.07 Å². The van der Waals surface area contributed by atoms with Crippen molar-refractivity contribution in [3.63, 3.8) is 0 Å². The summed E-state index contributed by atoms with van der Waals surface area (Å²) in [5, 5.41) is 16.4. The quantitative estimate of drug-likeness (QED) is 0.892. The normalized spacial score (nSPS) is 11.0. The fourth-order valence-corrected chi connectivity index (χ4v) is 1.53. The Bertz CT molecular complexity index is 505. The van der Waals surface area contributed by atoms with E-state index in [1.807, 2.05) is 0 Å². The van der Waals surface area contributed by atoms with Gasteiger partial charge in [0.15, 0.2) is 0 Å². The number of nitrogens with zero attached hydrogens (tertiary/aromatic N) is 1. The number of rotatable bonds is 2. The van der Waals surface area contributed by atoms with Gasteiger partial charge < -0.3 is 5.11 Å². The molecule has 0 unspecified atom stereocenters. The van der Waals surface area contributed by atoms with E-state index >= 15 is 0 Å². The summed E-state index contributed by atoms with van der Waals surface area (Å²) >= 11 is 5.47. The van der Waals surface area contributed by atoms with Crippen LogP contribution in [0.4, 0.5) is 13.2 Å². The summed E-state index contributed by atoms with van der Waals surface area (Å²) in [5.74, 6) is -1.32. The van der Waals surface area contributed by atoms with E-state index < -0.39 is 29.2 Å². The van der Waals surface area contributed by atoms with Crippen LogP contribution in [0, 0.1) is 11.3 Å². The van der Waals surface area contributed by atoms with Crippen molar-refractivity contribution in [1.29, 1.82) is 5.26 Å². The Morgan fingerprint density at radius 1 is 1.47 bits per heavy atom. The Balaban J connectivity index is 3.42. The minimum Gasteiger partial charge on any atom is -0.481 e. The van der Waals surface area contributed by atoms with Gasteiger partial charge in [0.05, 0.1) is 28.6 Å². The lowest BCUT2D eigenvalue weighted by atomic mass is 10.0. The molecule has 7 heteroatoms. The van der Waals surface area contributed by atoms with Crippen molar-refractivity contribution in [2.75, 3.05) is 0 Å². The van der Waals surface area contributed by atoms with Crippen LogP contribution in [-0.4, -0.2) is 11.1 Å². The molecule has 0 fully saturated rings. The zero-order valence-corrected chi connectivity index (χ0v) is 8.93. The fraction of sp³-hybridized carbons (Fsp3) is 0.200. The molecule has 0 saturated heterocycles. The van der Waals surface area contributed by atoms with Crippen molar-refractivity contribution < 1.29 is 23.1 Å². The number of alkyl halides is 3. The molecule has 17 heavy (non-hydrogen) atoms. The largest absolute Gasteiger partial charge is 0.481 e. The molecule has 90 valence electrons. The van der Waals surface area contributed by atoms with Gasteiger partial charge >= 0.3 is 12.1 Å². The predicted octanol–water partition coefficient (Wildman–Crippen LogP) is 2.86. The Morgan fingerprint density at radius 3 is 2.47 bits per heavy atom. The second-order valence-corrected chi connectivity index (χ2v) is 3.55. The molecule has 0 bridgehead atoms. The van der Waals surface area contributed by atoms with Crippen molar-refractivity contribution in [3.8, 4) is 6.07 Å². The molecule has 0 aliphatic carbocycles. The monoisotopic (exact) mass is 263 g/mol. The lowest BCUT2D eigenvalue weighted by molar-refractivity contribution is -0.138. The molecule has 0 radical (unpaired) electrons. The first-order valence-electron chi connectivity index (χ1n) is 4.27. The first-order valence-corrected chi connectivity index (χ1v) is 4.65. The minimum absolute atomic E-state index is 0.231. The second-order valence-electron chi connectivity index (χ2n) is 3.18. The highest BCUT2D eigenvalue weighted by molar-refractivity contribution is 6.32. The van der Waals surface area contributed by atoms with E-state index in [1.54, 1.807) is 0 Å². The van der Waals surface area contributed by atoms with Gasteiger partial charge in [0.2, 0.25) is 0 Å². The maximum absolute atomic E-state index is 12.5. The zero-order chi connectivity index (χ0) is 13.2. The van der Waals surface area contributed by atoms with Gasteiger partial charge in [-0.2, -0.15) is 18.4 Å². The number of nitriles is 1. The Labute approximate surface area is 99.0 Å². The maximum Gasteiger partial charge on any atom is 0.417 e. The summed E-state index contributed by atoms with van der Waals surface area (Å²) in [6.45, 7) is 0. The van der Waals surface area contributed by atoms with Crippen molar-refractivity contribution in [2.24, 2.45) is 0 Å². The third-order valence-electron chi connectivity index (χ3n) is 1.92. The van der Waals surface area contributed by atoms with E-state index in [-0.39, 0.29) is 11.1 Å². The molecule has 1 aromatic carbocycles. The van der Waals surface area contributed by atoms with Crippen molar-refractivity contribution >= 4 is 17.6 Å². The molecule has 0 aliphatic rings. The van der Waals surface area contributed by atoms with Crippen LogP contribution in [0.15, 0.2) is 12.1 Å². The van der Waals surface area contributed by atoms with Gasteiger partial charge in [-0.1, -0.05) is 11.6 Å². The number of carboxylic acid groups (broad SMARTS) is 1. The van der Waals surface area contributed by atoms with Gasteiger partial charge in [0.25, 0.3) is 0 Å². The molecule has 3 nitrogen and oxygen atoms in total. The topological polar surface area (TPSA) is 61.1 Å². The molecule has 0 spiro atoms. The highest BCUT2D eigenvalue weighted by Crippen LogP contribution is 2.37. The SMILES string of the molecule is N#Cc1cc(CC(=O)O)c(Cl)c(C(F)(F)F)c1. The molecule has 0 aromatic heterocycles. The molecule has 1 N–H and O–H groups in total. The van der Waals surface area contributed by atoms with Gasteiger partial charge in [-0.3, -0.25) is 4.79 Å². The number of carboxylic acids is 1. The van der Waals surface area contributed by atoms with E-state index in [9.17, 15) is 18.0 Å². The van der Waals surface area contributed by atoms with Crippen LogP contribution in [0.2, 0.25) is 5.02 Å². The number of benzene rings is 1. The average molecular weight is 264 g/mol. The van der Waals surface area contributed by atoms with Crippen LogP contribution in [-0.2, 0) is 17.4 Å². The van der Waals surface area contributed by atoms with Crippen LogP contribution >= 0.6 is 11.6 Å². The first kappa shape index (κ1) is 13.3. The highest BCUT2D eigenvalue weighted by atomic mass is 35.5. The van der Waals surface area contributed by atoms with Gasteiger partial charge in [-0.15, -0.1) is 0 Å². The molecular weight excluding hydrogens is 259 g/mol. The zero-order valence-electron chi connectivity index (χ0n) is 8.18. The predicted molar refractivity (Wildman–Crippen MR) is 52.5 cm³/mol. The molecule has 0 saturated carbocycles. The van der Waals surface area contributed by atoms with Crippen LogP contribution < -0.4 is 0 Å². The first-order chi connectivity index (χ1) is 7.75. The summed E-state index contributed by atoms with van der Waals surface area (Å²) in [6.07, 6.45) is -5.39. The highest BCUT2D eigenvalue weighted by Gasteiger charge is 2.34. The van der Waals surface area contributed by atoms with Crippen LogP contribution in [0.25, 0.3) is 0 Å². The molecule has 0 atom stereocenters. The summed E-state index contributed by atoms with van der Waals surface area (Å²) in [7, 11) is 0. The molecule has 1 rings (SSSR count). The van der Waals surface area contributed by atoms with Crippen LogP contribution in [0.1, 0.15) is 16.7 Å². The van der Waals surface area contributed by atoms with Gasteiger partial charge in [-0.25, -0.2) is 0 Å². The number of carbonyl (C=O) groups is 1. The molecule has 0 amide bonds. The molecule has 1 aromatic rings. The van der Waals surface area contributed by atoms with Crippen molar-refractivity contribution in [2.45, 2.75) is 12.6 Å². The van der Waals surface area contributed by atoms with E-state index in [4.69, 9.17) is 22.0 Å². The number of hydrogen-bond acceptors (Lipinski definition) is 2. The minimum atomic E-state index is -4.73. The Hall–Kier alpha value is -1.74. The second kappa shape index (κ2) is 4.63. The van der Waals surface area contributed by atoms with Gasteiger partial charge in [0, 0.05) is 0 Å². The lowest BCUT2D eigenvalue weighted by Gasteiger charge is -2.12. The lowest BCUT2D eigenvalue weighted by Crippen LogP contribution is -2.10. The summed E-state index contributed by atoms with van der Waals surface area (Å²) < 4.78 is 37.6. The molecule has 0 aliphatic heterocycles. The molecule has 0 heterocycles. The number of aliphatic carboxylic acids is 1. The smallest absolute Gasteiger partial charge is 0.417 e. The Kier molecular flexibility index (Phi) is 3.63. The van der Waals surface area contributed by atoms with Crippen molar-refractivity contribution in [3.05, 3.63) is 33.8 Å². The van der Waals surface area contributed by atoms with Gasteiger partial charge in [-0.05, 0) is 17.7 Å². The maximum atomic E-state index is 12.5. The summed E-state index contributed by atoms with van der Waals surface area (Å²) in [4.78, 5) is 10.5. The summed E-state index contributed by atoms with van der Waals surface area (Å²) in [5.41, 5.74) is -1.71. The average Bonchev–Trinajstić information content (AvgIpc) is 2.18. The third-order valence-corrected chi connectivity index (χ3v) is 2.37. The fourth-order valence-electron chi connectivity index (χ4n) is 1.25. The van der Waals surface area contributed by atoms with E-state index in [2.05, 4.69) is 0 Å². The summed E-state index contributed by atoms with van der Waals surface area (Å²) in [6, 6.07) is 3.15. The Morgan fingerprint density at radius 2 is 2.06 bits per heavy atom. The van der Waals surface area contributed by atoms with Crippen LogP contribution in [0.5, 0.6) is 0 Å². The van der Waals surface area contributed by atoms with E-state index in [0.29, 0.717) is 6.07 Å². The molecular formula is C10H5ClF3NO2. The number of hydrogen-bond donors (Lipinski definition) is 1. The van der Waals surface area contributed by atoms with Gasteiger partial charge in [0.1, 0.15) is 0 Å². The standard InChI is InChI=1S/C10H5ClF3NO2/c11-9-6(3-8(16)17)1-5(4-15)2-7(9)10(12,13)14/h1-2H,3H2,(H,16,17).